The number of carbonyl (C=O) groups excluding carboxylic acids is 2. The average Bonchev–Trinajstić information content (AvgIpc) is 3.12. The summed E-state index contributed by atoms with van der Waals surface area (Å²) in [6.45, 7) is 6.02. The Morgan fingerprint density at radius 1 is 1.14 bits per heavy atom. The highest BCUT2D eigenvalue weighted by Gasteiger charge is 2.29. The molecule has 150 valence electrons. The number of benzene rings is 1. The first-order chi connectivity index (χ1) is 13.7. The van der Waals surface area contributed by atoms with E-state index in [-0.39, 0.29) is 11.8 Å². The van der Waals surface area contributed by atoms with Gasteiger partial charge in [0.05, 0.1) is 5.69 Å². The maximum Gasteiger partial charge on any atom is 0.287 e. The van der Waals surface area contributed by atoms with Crippen LogP contribution < -0.4 is 10.2 Å². The maximum absolute atomic E-state index is 13.3. The van der Waals surface area contributed by atoms with Crippen LogP contribution >= 0.6 is 0 Å². The molecule has 0 fully saturated rings. The Labute approximate surface area is 166 Å². The quantitative estimate of drug-likeness (QED) is 0.706. The predicted molar refractivity (Wildman–Crippen MR) is 111 cm³/mol. The number of aromatic nitrogens is 2. The first kappa shape index (κ1) is 20.1. The zero-order chi connectivity index (χ0) is 19.9. The van der Waals surface area contributed by atoms with E-state index in [1.165, 1.54) is 0 Å². The molecule has 1 aromatic heterocycles. The minimum absolute atomic E-state index is 0.135. The first-order valence-corrected chi connectivity index (χ1v) is 10.4. The molecule has 3 rings (SSSR count). The molecule has 1 aliphatic heterocycles. The highest BCUT2D eigenvalue weighted by atomic mass is 16.2. The number of amides is 2. The third-order valence-electron chi connectivity index (χ3n) is 5.22. The Balaban J connectivity index is 1.88. The molecular formula is C22H30N4O2. The number of anilines is 1. The van der Waals surface area contributed by atoms with E-state index in [4.69, 9.17) is 0 Å². The minimum Gasteiger partial charge on any atom is -0.349 e. The van der Waals surface area contributed by atoms with Crippen LogP contribution in [-0.4, -0.2) is 34.5 Å². The van der Waals surface area contributed by atoms with Crippen molar-refractivity contribution in [1.29, 1.82) is 0 Å². The summed E-state index contributed by atoms with van der Waals surface area (Å²) in [6.07, 6.45) is 5.96. The second-order valence-corrected chi connectivity index (χ2v) is 7.19. The Hall–Kier alpha value is -2.63. The zero-order valence-electron chi connectivity index (χ0n) is 16.9. The lowest BCUT2D eigenvalue weighted by Crippen LogP contribution is -2.32. The monoisotopic (exact) mass is 382 g/mol. The summed E-state index contributed by atoms with van der Waals surface area (Å²) in [5.41, 5.74) is 2.16. The number of para-hydroxylation sites is 1. The van der Waals surface area contributed by atoms with Crippen molar-refractivity contribution >= 4 is 17.5 Å². The molecule has 0 saturated carbocycles. The normalized spacial score (nSPS) is 13.1. The van der Waals surface area contributed by atoms with Crippen LogP contribution in [0.4, 0.5) is 5.69 Å². The molecule has 2 aromatic rings. The van der Waals surface area contributed by atoms with Gasteiger partial charge in [-0.3, -0.25) is 9.59 Å². The van der Waals surface area contributed by atoms with E-state index in [1.54, 1.807) is 4.90 Å². The van der Waals surface area contributed by atoms with E-state index in [2.05, 4.69) is 17.2 Å². The lowest BCUT2D eigenvalue weighted by Gasteiger charge is -2.22. The molecule has 1 aliphatic rings. The largest absolute Gasteiger partial charge is 0.349 e. The van der Waals surface area contributed by atoms with Crippen molar-refractivity contribution in [1.82, 2.24) is 14.9 Å². The first-order valence-electron chi connectivity index (χ1n) is 10.4. The molecular weight excluding hydrogens is 352 g/mol. The zero-order valence-corrected chi connectivity index (χ0v) is 16.9. The fourth-order valence-corrected chi connectivity index (χ4v) is 3.72. The van der Waals surface area contributed by atoms with Gasteiger partial charge < -0.3 is 14.8 Å². The molecule has 0 aliphatic carbocycles. The summed E-state index contributed by atoms with van der Waals surface area (Å²) >= 11 is 0. The summed E-state index contributed by atoms with van der Waals surface area (Å²) in [6, 6.07) is 9.62. The van der Waals surface area contributed by atoms with Crippen LogP contribution in [0.5, 0.6) is 0 Å². The van der Waals surface area contributed by atoms with Gasteiger partial charge in [0, 0.05) is 25.3 Å². The number of imidazole rings is 1. The van der Waals surface area contributed by atoms with Crippen LogP contribution in [0.25, 0.3) is 0 Å². The van der Waals surface area contributed by atoms with Crippen LogP contribution in [0.2, 0.25) is 0 Å². The summed E-state index contributed by atoms with van der Waals surface area (Å²) in [5.74, 6) is 0.0594. The molecule has 1 aromatic carbocycles. The number of carbonyl (C=O) groups is 2. The van der Waals surface area contributed by atoms with Gasteiger partial charge in [-0.25, -0.2) is 4.98 Å². The van der Waals surface area contributed by atoms with Crippen LogP contribution in [0.1, 0.15) is 72.8 Å². The molecule has 2 heterocycles. The van der Waals surface area contributed by atoms with Crippen molar-refractivity contribution in [2.24, 2.45) is 0 Å². The number of hydrogen-bond donors (Lipinski definition) is 1. The molecule has 0 bridgehead atoms. The second kappa shape index (κ2) is 9.53. The van der Waals surface area contributed by atoms with Crippen molar-refractivity contribution in [3.8, 4) is 0 Å². The van der Waals surface area contributed by atoms with Gasteiger partial charge in [0.15, 0.2) is 11.5 Å². The van der Waals surface area contributed by atoms with Gasteiger partial charge in [-0.1, -0.05) is 38.0 Å². The molecule has 0 unspecified atom stereocenters. The Morgan fingerprint density at radius 3 is 2.64 bits per heavy atom. The summed E-state index contributed by atoms with van der Waals surface area (Å²) in [4.78, 5) is 32.3. The number of hydrogen-bond acceptors (Lipinski definition) is 3. The SMILES string of the molecule is CCCCCNC(=O)c1nc(C(=O)N(CC)c2ccccc2)c2n1CCCC2. The van der Waals surface area contributed by atoms with E-state index in [9.17, 15) is 9.59 Å². The lowest BCUT2D eigenvalue weighted by atomic mass is 10.1. The lowest BCUT2D eigenvalue weighted by molar-refractivity contribution is 0.0937. The van der Waals surface area contributed by atoms with Crippen molar-refractivity contribution < 1.29 is 9.59 Å². The Morgan fingerprint density at radius 2 is 1.93 bits per heavy atom. The van der Waals surface area contributed by atoms with Crippen LogP contribution in [0.3, 0.4) is 0 Å². The highest BCUT2D eigenvalue weighted by Crippen LogP contribution is 2.24. The van der Waals surface area contributed by atoms with Crippen molar-refractivity contribution in [2.75, 3.05) is 18.0 Å². The number of nitrogens with zero attached hydrogens (tertiary/aromatic N) is 3. The molecule has 1 N–H and O–H groups in total. The van der Waals surface area contributed by atoms with Crippen LogP contribution in [-0.2, 0) is 13.0 Å². The molecule has 2 amide bonds. The minimum atomic E-state index is -0.180. The molecule has 6 heteroatoms. The third-order valence-corrected chi connectivity index (χ3v) is 5.22. The summed E-state index contributed by atoms with van der Waals surface area (Å²) in [7, 11) is 0. The fraction of sp³-hybridized carbons (Fsp3) is 0.500. The van der Waals surface area contributed by atoms with Crippen LogP contribution in [0, 0.1) is 0 Å². The Bertz CT molecular complexity index is 813. The number of rotatable bonds is 8. The standard InChI is InChI=1S/C22H30N4O2/c1-3-5-10-15-23-21(27)20-24-19(18-14-9-11-16-26(18)20)22(28)25(4-2)17-12-7-6-8-13-17/h6-8,12-13H,3-5,9-11,14-16H2,1-2H3,(H,23,27). The number of unbranched alkanes of at least 4 members (excludes halogenated alkanes) is 2. The molecule has 0 saturated heterocycles. The molecule has 0 spiro atoms. The van der Waals surface area contributed by atoms with Gasteiger partial charge >= 0.3 is 0 Å². The summed E-state index contributed by atoms with van der Waals surface area (Å²) in [5, 5.41) is 2.96. The van der Waals surface area contributed by atoms with E-state index >= 15 is 0 Å². The van der Waals surface area contributed by atoms with Gasteiger partial charge in [0.1, 0.15) is 0 Å². The number of nitrogens with one attached hydrogen (secondary N) is 1. The molecule has 28 heavy (non-hydrogen) atoms. The predicted octanol–water partition coefficient (Wildman–Crippen LogP) is 3.81. The topological polar surface area (TPSA) is 67.2 Å². The van der Waals surface area contributed by atoms with E-state index in [1.807, 2.05) is 41.8 Å². The van der Waals surface area contributed by atoms with Gasteiger partial charge in [0.25, 0.3) is 11.8 Å². The second-order valence-electron chi connectivity index (χ2n) is 7.19. The van der Waals surface area contributed by atoms with Crippen molar-refractivity contribution in [3.05, 3.63) is 47.5 Å². The highest BCUT2D eigenvalue weighted by molar-refractivity contribution is 6.06. The molecule has 0 atom stereocenters. The van der Waals surface area contributed by atoms with E-state index in [0.29, 0.717) is 24.6 Å². The average molecular weight is 383 g/mol. The molecule has 0 radical (unpaired) electrons. The van der Waals surface area contributed by atoms with E-state index < -0.39 is 0 Å². The van der Waals surface area contributed by atoms with Gasteiger partial charge in [-0.2, -0.15) is 0 Å². The fourth-order valence-electron chi connectivity index (χ4n) is 3.72. The maximum atomic E-state index is 13.3. The summed E-state index contributed by atoms with van der Waals surface area (Å²) < 4.78 is 1.95. The van der Waals surface area contributed by atoms with Gasteiger partial charge in [-0.15, -0.1) is 0 Å². The van der Waals surface area contributed by atoms with E-state index in [0.717, 1.165) is 56.5 Å². The van der Waals surface area contributed by atoms with Crippen molar-refractivity contribution in [2.45, 2.75) is 58.9 Å². The Kier molecular flexibility index (Phi) is 6.85. The number of fused-ring (bicyclic) bond motifs is 1. The van der Waals surface area contributed by atoms with Gasteiger partial charge in [-0.05, 0) is 44.7 Å². The third kappa shape index (κ3) is 4.26. The smallest absolute Gasteiger partial charge is 0.287 e. The van der Waals surface area contributed by atoms with Crippen LogP contribution in [0.15, 0.2) is 30.3 Å². The molecule has 6 nitrogen and oxygen atoms in total. The van der Waals surface area contributed by atoms with Gasteiger partial charge in [0.2, 0.25) is 0 Å². The van der Waals surface area contributed by atoms with Crippen molar-refractivity contribution in [3.63, 3.8) is 0 Å².